The zero-order valence-corrected chi connectivity index (χ0v) is 12.6. The molecule has 0 unspecified atom stereocenters. The Morgan fingerprint density at radius 2 is 1.89 bits per heavy atom. The molecule has 0 aliphatic heterocycles. The second kappa shape index (κ2) is 5.97. The first kappa shape index (κ1) is 13.7. The first-order valence-corrected chi connectivity index (χ1v) is 7.90. The van der Waals surface area contributed by atoms with Gasteiger partial charge in [0.15, 0.2) is 0 Å². The van der Waals surface area contributed by atoms with E-state index in [1.54, 1.807) is 5.57 Å². The Bertz CT molecular complexity index is 397. The lowest BCUT2D eigenvalue weighted by atomic mass is 9.72. The minimum absolute atomic E-state index is 0.455. The van der Waals surface area contributed by atoms with Crippen molar-refractivity contribution in [3.8, 4) is 0 Å². The van der Waals surface area contributed by atoms with Crippen LogP contribution in [0.25, 0.3) is 0 Å². The summed E-state index contributed by atoms with van der Waals surface area (Å²) in [5, 5.41) is 0. The topological polar surface area (TPSA) is 0 Å². The van der Waals surface area contributed by atoms with Crippen molar-refractivity contribution in [1.82, 2.24) is 0 Å². The van der Waals surface area contributed by atoms with Crippen LogP contribution in [0.1, 0.15) is 40.0 Å². The van der Waals surface area contributed by atoms with Crippen LogP contribution in [0.15, 0.2) is 46.9 Å². The van der Waals surface area contributed by atoms with Crippen molar-refractivity contribution in [2.75, 3.05) is 5.75 Å². The molecule has 2 rings (SSSR count). The van der Waals surface area contributed by atoms with E-state index in [4.69, 9.17) is 0 Å². The molecule has 1 aromatic carbocycles. The zero-order chi connectivity index (χ0) is 13.0. The van der Waals surface area contributed by atoms with Crippen molar-refractivity contribution in [3.05, 3.63) is 42.0 Å². The second-order valence-electron chi connectivity index (χ2n) is 6.31. The van der Waals surface area contributed by atoms with Gasteiger partial charge in [0.25, 0.3) is 0 Å². The standard InChI is InChI=1S/C17H24S/c1-17(2,3)15-9-7-8-14(12-15)13-18-16-10-5-4-6-11-16/h4-6,8,10-11,15H,7,9,12-13H2,1-3H3/t15-/m1/s1. The van der Waals surface area contributed by atoms with Crippen molar-refractivity contribution < 1.29 is 0 Å². The van der Waals surface area contributed by atoms with Crippen LogP contribution in [0.4, 0.5) is 0 Å². The zero-order valence-electron chi connectivity index (χ0n) is 11.8. The van der Waals surface area contributed by atoms with Crippen molar-refractivity contribution in [3.63, 3.8) is 0 Å². The summed E-state index contributed by atoms with van der Waals surface area (Å²) < 4.78 is 0. The lowest BCUT2D eigenvalue weighted by molar-refractivity contribution is 0.219. The second-order valence-corrected chi connectivity index (χ2v) is 7.36. The third-order valence-electron chi connectivity index (χ3n) is 3.85. The minimum atomic E-state index is 0.455. The molecule has 0 heterocycles. The summed E-state index contributed by atoms with van der Waals surface area (Å²) in [7, 11) is 0. The van der Waals surface area contributed by atoms with E-state index < -0.39 is 0 Å². The van der Waals surface area contributed by atoms with Crippen molar-refractivity contribution >= 4 is 11.8 Å². The highest BCUT2D eigenvalue weighted by Gasteiger charge is 2.26. The number of rotatable bonds is 3. The van der Waals surface area contributed by atoms with Gasteiger partial charge in [-0.05, 0) is 42.7 Å². The SMILES string of the molecule is CC(C)(C)[C@@H]1CCC=C(CSc2ccccc2)C1. The summed E-state index contributed by atoms with van der Waals surface area (Å²) in [5.41, 5.74) is 2.10. The maximum atomic E-state index is 2.47. The lowest BCUT2D eigenvalue weighted by Crippen LogP contribution is -2.23. The monoisotopic (exact) mass is 260 g/mol. The molecule has 0 N–H and O–H groups in total. The predicted molar refractivity (Wildman–Crippen MR) is 82.0 cm³/mol. The average Bonchev–Trinajstić information content (AvgIpc) is 2.37. The van der Waals surface area contributed by atoms with E-state index in [0.717, 1.165) is 11.7 Å². The summed E-state index contributed by atoms with van der Waals surface area (Å²) in [5.74, 6) is 2.02. The summed E-state index contributed by atoms with van der Waals surface area (Å²) in [6.45, 7) is 7.14. The van der Waals surface area contributed by atoms with E-state index in [0.29, 0.717) is 5.41 Å². The number of benzene rings is 1. The van der Waals surface area contributed by atoms with Crippen LogP contribution in [0.3, 0.4) is 0 Å². The molecule has 18 heavy (non-hydrogen) atoms. The maximum absolute atomic E-state index is 2.47. The normalized spacial score (nSPS) is 20.6. The molecule has 0 amide bonds. The Hall–Kier alpha value is -0.690. The van der Waals surface area contributed by atoms with E-state index >= 15 is 0 Å². The van der Waals surface area contributed by atoms with Gasteiger partial charge in [-0.3, -0.25) is 0 Å². The first-order chi connectivity index (χ1) is 8.55. The highest BCUT2D eigenvalue weighted by molar-refractivity contribution is 7.99. The van der Waals surface area contributed by atoms with Crippen molar-refractivity contribution in [1.29, 1.82) is 0 Å². The molecular weight excluding hydrogens is 236 g/mol. The Morgan fingerprint density at radius 1 is 1.17 bits per heavy atom. The largest absolute Gasteiger partial charge is 0.122 e. The highest BCUT2D eigenvalue weighted by Crippen LogP contribution is 2.39. The molecule has 1 aliphatic rings. The first-order valence-electron chi connectivity index (χ1n) is 6.91. The molecule has 1 heteroatoms. The van der Waals surface area contributed by atoms with Crippen LogP contribution in [0.2, 0.25) is 0 Å². The Labute approximate surface area is 116 Å². The smallest absolute Gasteiger partial charge is 0.0190 e. The van der Waals surface area contributed by atoms with Crippen molar-refractivity contribution in [2.24, 2.45) is 11.3 Å². The molecule has 98 valence electrons. The fourth-order valence-corrected chi connectivity index (χ4v) is 3.48. The van der Waals surface area contributed by atoms with E-state index in [1.165, 1.54) is 24.2 Å². The molecule has 0 aromatic heterocycles. The molecule has 1 atom stereocenters. The molecule has 0 bridgehead atoms. The van der Waals surface area contributed by atoms with Crippen LogP contribution in [0, 0.1) is 11.3 Å². The Kier molecular flexibility index (Phi) is 4.55. The fraction of sp³-hybridized carbons (Fsp3) is 0.529. The van der Waals surface area contributed by atoms with Crippen LogP contribution in [0.5, 0.6) is 0 Å². The van der Waals surface area contributed by atoms with E-state index in [1.807, 2.05) is 11.8 Å². The quantitative estimate of drug-likeness (QED) is 0.507. The highest BCUT2D eigenvalue weighted by atomic mass is 32.2. The van der Waals surface area contributed by atoms with E-state index in [-0.39, 0.29) is 0 Å². The molecule has 1 aromatic rings. The van der Waals surface area contributed by atoms with Crippen LogP contribution >= 0.6 is 11.8 Å². The third-order valence-corrected chi connectivity index (χ3v) is 4.97. The van der Waals surface area contributed by atoms with Crippen LogP contribution in [-0.2, 0) is 0 Å². The molecular formula is C17H24S. The summed E-state index contributed by atoms with van der Waals surface area (Å²) in [6.07, 6.45) is 6.40. The number of hydrogen-bond donors (Lipinski definition) is 0. The van der Waals surface area contributed by atoms with Gasteiger partial charge in [0.05, 0.1) is 0 Å². The van der Waals surface area contributed by atoms with E-state index in [2.05, 4.69) is 57.2 Å². The Morgan fingerprint density at radius 3 is 2.56 bits per heavy atom. The molecule has 0 saturated carbocycles. The molecule has 0 fully saturated rings. The van der Waals surface area contributed by atoms with Crippen molar-refractivity contribution in [2.45, 2.75) is 44.9 Å². The van der Waals surface area contributed by atoms with Gasteiger partial charge in [-0.2, -0.15) is 0 Å². The number of thioether (sulfide) groups is 1. The van der Waals surface area contributed by atoms with Gasteiger partial charge < -0.3 is 0 Å². The molecule has 0 radical (unpaired) electrons. The van der Waals surface area contributed by atoms with Gasteiger partial charge in [-0.25, -0.2) is 0 Å². The maximum Gasteiger partial charge on any atom is 0.0190 e. The molecule has 0 spiro atoms. The number of hydrogen-bond acceptors (Lipinski definition) is 1. The van der Waals surface area contributed by atoms with Gasteiger partial charge in [0.2, 0.25) is 0 Å². The predicted octanol–water partition coefficient (Wildman–Crippen LogP) is 5.55. The van der Waals surface area contributed by atoms with Gasteiger partial charge in [0.1, 0.15) is 0 Å². The summed E-state index contributed by atoms with van der Waals surface area (Å²) in [4.78, 5) is 1.39. The minimum Gasteiger partial charge on any atom is -0.122 e. The third kappa shape index (κ3) is 3.91. The Balaban J connectivity index is 1.89. The van der Waals surface area contributed by atoms with Crippen LogP contribution in [-0.4, -0.2) is 5.75 Å². The fourth-order valence-electron chi connectivity index (χ4n) is 2.54. The summed E-state index contributed by atoms with van der Waals surface area (Å²) >= 11 is 1.97. The average molecular weight is 260 g/mol. The molecule has 0 saturated heterocycles. The van der Waals surface area contributed by atoms with Gasteiger partial charge in [-0.15, -0.1) is 11.8 Å². The van der Waals surface area contributed by atoms with Gasteiger partial charge in [-0.1, -0.05) is 50.6 Å². The summed E-state index contributed by atoms with van der Waals surface area (Å²) in [6, 6.07) is 10.7. The molecule has 1 aliphatic carbocycles. The van der Waals surface area contributed by atoms with Crippen LogP contribution < -0.4 is 0 Å². The van der Waals surface area contributed by atoms with Gasteiger partial charge >= 0.3 is 0 Å². The van der Waals surface area contributed by atoms with Gasteiger partial charge in [0, 0.05) is 10.6 Å². The lowest BCUT2D eigenvalue weighted by Gasteiger charge is -2.34. The number of allylic oxidation sites excluding steroid dienone is 1. The molecule has 0 nitrogen and oxygen atoms in total. The van der Waals surface area contributed by atoms with E-state index in [9.17, 15) is 0 Å².